The molecule has 0 aromatic heterocycles. The normalized spacial score (nSPS) is 12.8. The molecule has 0 radical (unpaired) electrons. The molecule has 94 valence electrons. The van der Waals surface area contributed by atoms with Gasteiger partial charge in [0.05, 0.1) is 5.92 Å². The molecule has 1 atom stereocenters. The SMILES string of the molecule is CC(C)NCC(C(N)=O)c1ccc(Cl)cc1Cl. The zero-order valence-electron chi connectivity index (χ0n) is 9.84. The largest absolute Gasteiger partial charge is 0.369 e. The van der Waals surface area contributed by atoms with E-state index in [9.17, 15) is 4.79 Å². The molecule has 0 aliphatic rings. The second-order valence-corrected chi connectivity index (χ2v) is 5.03. The first-order chi connectivity index (χ1) is 7.91. The van der Waals surface area contributed by atoms with E-state index in [2.05, 4.69) is 5.32 Å². The monoisotopic (exact) mass is 274 g/mol. The van der Waals surface area contributed by atoms with Gasteiger partial charge in [-0.25, -0.2) is 0 Å². The molecule has 1 aromatic rings. The van der Waals surface area contributed by atoms with Gasteiger partial charge in [0.2, 0.25) is 5.91 Å². The summed E-state index contributed by atoms with van der Waals surface area (Å²) in [7, 11) is 0. The molecule has 3 N–H and O–H groups in total. The topological polar surface area (TPSA) is 55.1 Å². The maximum atomic E-state index is 11.4. The van der Waals surface area contributed by atoms with Crippen molar-refractivity contribution in [3.8, 4) is 0 Å². The Labute approximate surface area is 111 Å². The van der Waals surface area contributed by atoms with Gasteiger partial charge in [0, 0.05) is 22.6 Å². The molecule has 1 rings (SSSR count). The minimum atomic E-state index is -0.442. The van der Waals surface area contributed by atoms with Crippen LogP contribution < -0.4 is 11.1 Å². The third kappa shape index (κ3) is 4.19. The number of halogens is 2. The first-order valence-corrected chi connectivity index (χ1v) is 6.15. The number of carbonyl (C=O) groups is 1. The number of hydrogen-bond acceptors (Lipinski definition) is 2. The molecule has 0 aliphatic heterocycles. The lowest BCUT2D eigenvalue weighted by atomic mass is 9.98. The summed E-state index contributed by atoms with van der Waals surface area (Å²) in [5.41, 5.74) is 6.10. The number of nitrogens with one attached hydrogen (secondary N) is 1. The molecule has 0 spiro atoms. The Morgan fingerprint density at radius 1 is 1.41 bits per heavy atom. The lowest BCUT2D eigenvalue weighted by molar-refractivity contribution is -0.119. The summed E-state index contributed by atoms with van der Waals surface area (Å²) in [5.74, 6) is -0.843. The van der Waals surface area contributed by atoms with E-state index in [0.717, 1.165) is 0 Å². The van der Waals surface area contributed by atoms with Crippen molar-refractivity contribution < 1.29 is 4.79 Å². The molecule has 17 heavy (non-hydrogen) atoms. The molecule has 0 saturated heterocycles. The van der Waals surface area contributed by atoms with E-state index in [1.165, 1.54) is 0 Å². The Morgan fingerprint density at radius 3 is 2.53 bits per heavy atom. The minimum Gasteiger partial charge on any atom is -0.369 e. The van der Waals surface area contributed by atoms with Crippen LogP contribution >= 0.6 is 23.2 Å². The highest BCUT2D eigenvalue weighted by atomic mass is 35.5. The van der Waals surface area contributed by atoms with Gasteiger partial charge < -0.3 is 11.1 Å². The lowest BCUT2D eigenvalue weighted by Crippen LogP contribution is -2.34. The molecule has 0 heterocycles. The van der Waals surface area contributed by atoms with E-state index in [-0.39, 0.29) is 6.04 Å². The van der Waals surface area contributed by atoms with Crippen molar-refractivity contribution in [2.24, 2.45) is 5.73 Å². The van der Waals surface area contributed by atoms with Crippen LogP contribution in [0.3, 0.4) is 0 Å². The Morgan fingerprint density at radius 2 is 2.06 bits per heavy atom. The molecular formula is C12H16Cl2N2O. The van der Waals surface area contributed by atoms with Crippen LogP contribution in [0.1, 0.15) is 25.3 Å². The van der Waals surface area contributed by atoms with Crippen LogP contribution in [-0.2, 0) is 4.79 Å². The molecule has 0 saturated carbocycles. The van der Waals surface area contributed by atoms with Gasteiger partial charge in [-0.15, -0.1) is 0 Å². The average Bonchev–Trinajstić information content (AvgIpc) is 2.20. The number of amides is 1. The number of primary amides is 1. The smallest absolute Gasteiger partial charge is 0.226 e. The van der Waals surface area contributed by atoms with Crippen LogP contribution in [0.4, 0.5) is 0 Å². The lowest BCUT2D eigenvalue weighted by Gasteiger charge is -2.18. The molecule has 0 fully saturated rings. The maximum Gasteiger partial charge on any atom is 0.226 e. The fourth-order valence-corrected chi connectivity index (χ4v) is 2.04. The third-order valence-electron chi connectivity index (χ3n) is 2.41. The summed E-state index contributed by atoms with van der Waals surface area (Å²) in [6.07, 6.45) is 0. The molecule has 1 amide bonds. The van der Waals surface area contributed by atoms with Crippen molar-refractivity contribution in [3.63, 3.8) is 0 Å². The third-order valence-corrected chi connectivity index (χ3v) is 2.97. The predicted molar refractivity (Wildman–Crippen MR) is 71.5 cm³/mol. The standard InChI is InChI=1S/C12H16Cl2N2O/c1-7(2)16-6-10(12(15)17)9-4-3-8(13)5-11(9)14/h3-5,7,10,16H,6H2,1-2H3,(H2,15,17). The molecule has 1 aromatic carbocycles. The summed E-state index contributed by atoms with van der Waals surface area (Å²) in [6.45, 7) is 4.47. The Kier molecular flexibility index (Phi) is 5.25. The fourth-order valence-electron chi connectivity index (χ4n) is 1.50. The van der Waals surface area contributed by atoms with Gasteiger partial charge in [-0.2, -0.15) is 0 Å². The Bertz CT molecular complexity index is 407. The highest BCUT2D eigenvalue weighted by Crippen LogP contribution is 2.27. The Hall–Kier alpha value is -0.770. The number of rotatable bonds is 5. The molecular weight excluding hydrogens is 259 g/mol. The van der Waals surface area contributed by atoms with E-state index in [1.54, 1.807) is 18.2 Å². The van der Waals surface area contributed by atoms with Gasteiger partial charge in [0.25, 0.3) is 0 Å². The van der Waals surface area contributed by atoms with E-state index in [4.69, 9.17) is 28.9 Å². The first kappa shape index (κ1) is 14.3. The van der Waals surface area contributed by atoms with Crippen molar-refractivity contribution in [2.45, 2.75) is 25.8 Å². The minimum absolute atomic E-state index is 0.280. The van der Waals surface area contributed by atoms with Crippen LogP contribution in [0, 0.1) is 0 Å². The highest BCUT2D eigenvalue weighted by Gasteiger charge is 2.20. The number of hydrogen-bond donors (Lipinski definition) is 2. The number of carbonyl (C=O) groups excluding carboxylic acids is 1. The van der Waals surface area contributed by atoms with Gasteiger partial charge in [-0.05, 0) is 17.7 Å². The zero-order valence-corrected chi connectivity index (χ0v) is 11.3. The van der Waals surface area contributed by atoms with Crippen LogP contribution in [0.25, 0.3) is 0 Å². The van der Waals surface area contributed by atoms with Crippen LogP contribution in [0.5, 0.6) is 0 Å². The maximum absolute atomic E-state index is 11.4. The quantitative estimate of drug-likeness (QED) is 0.867. The van der Waals surface area contributed by atoms with Gasteiger partial charge in [0.15, 0.2) is 0 Å². The number of nitrogens with two attached hydrogens (primary N) is 1. The van der Waals surface area contributed by atoms with Crippen LogP contribution in [0.2, 0.25) is 10.0 Å². The van der Waals surface area contributed by atoms with Crippen molar-refractivity contribution in [3.05, 3.63) is 33.8 Å². The zero-order chi connectivity index (χ0) is 13.0. The van der Waals surface area contributed by atoms with E-state index in [0.29, 0.717) is 22.2 Å². The molecule has 0 bridgehead atoms. The number of benzene rings is 1. The summed E-state index contributed by atoms with van der Waals surface area (Å²) >= 11 is 11.9. The summed E-state index contributed by atoms with van der Waals surface area (Å²) in [6, 6.07) is 5.34. The van der Waals surface area contributed by atoms with Gasteiger partial charge >= 0.3 is 0 Å². The molecule has 5 heteroatoms. The van der Waals surface area contributed by atoms with E-state index >= 15 is 0 Å². The summed E-state index contributed by atoms with van der Waals surface area (Å²) in [5, 5.41) is 4.18. The van der Waals surface area contributed by atoms with Crippen molar-refractivity contribution in [1.82, 2.24) is 5.32 Å². The molecule has 1 unspecified atom stereocenters. The van der Waals surface area contributed by atoms with E-state index < -0.39 is 11.8 Å². The van der Waals surface area contributed by atoms with Crippen LogP contribution in [0.15, 0.2) is 18.2 Å². The predicted octanol–water partition coefficient (Wildman–Crippen LogP) is 2.56. The fraction of sp³-hybridized carbons (Fsp3) is 0.417. The van der Waals surface area contributed by atoms with Crippen molar-refractivity contribution in [1.29, 1.82) is 0 Å². The second-order valence-electron chi connectivity index (χ2n) is 4.18. The Balaban J connectivity index is 2.93. The molecule has 3 nitrogen and oxygen atoms in total. The van der Waals surface area contributed by atoms with Crippen molar-refractivity contribution >= 4 is 29.1 Å². The first-order valence-electron chi connectivity index (χ1n) is 5.39. The highest BCUT2D eigenvalue weighted by molar-refractivity contribution is 6.35. The van der Waals surface area contributed by atoms with Gasteiger partial charge in [-0.3, -0.25) is 4.79 Å². The summed E-state index contributed by atoms with van der Waals surface area (Å²) < 4.78 is 0. The van der Waals surface area contributed by atoms with Gasteiger partial charge in [-0.1, -0.05) is 43.1 Å². The summed E-state index contributed by atoms with van der Waals surface area (Å²) in [4.78, 5) is 11.4. The average molecular weight is 275 g/mol. The van der Waals surface area contributed by atoms with E-state index in [1.807, 2.05) is 13.8 Å². The second kappa shape index (κ2) is 6.24. The molecule has 0 aliphatic carbocycles. The van der Waals surface area contributed by atoms with Crippen LogP contribution in [-0.4, -0.2) is 18.5 Å². The van der Waals surface area contributed by atoms with Crippen molar-refractivity contribution in [2.75, 3.05) is 6.54 Å². The van der Waals surface area contributed by atoms with Gasteiger partial charge in [0.1, 0.15) is 0 Å².